The summed E-state index contributed by atoms with van der Waals surface area (Å²) in [6, 6.07) is 1.95. The van der Waals surface area contributed by atoms with Crippen LogP contribution in [0, 0.1) is 5.92 Å². The van der Waals surface area contributed by atoms with E-state index in [1.807, 2.05) is 6.07 Å². The van der Waals surface area contributed by atoms with Gasteiger partial charge in [-0.25, -0.2) is 9.97 Å². The van der Waals surface area contributed by atoms with Gasteiger partial charge >= 0.3 is 0 Å². The van der Waals surface area contributed by atoms with Crippen LogP contribution in [0.1, 0.15) is 32.6 Å². The third-order valence-electron chi connectivity index (χ3n) is 3.05. The Kier molecular flexibility index (Phi) is 5.88. The number of anilines is 2. The number of rotatable bonds is 10. The topological polar surface area (TPSA) is 59.1 Å². The summed E-state index contributed by atoms with van der Waals surface area (Å²) in [6.07, 6.45) is 6.39. The summed E-state index contributed by atoms with van der Waals surface area (Å²) in [7, 11) is 0. The Morgan fingerprint density at radius 3 is 2.63 bits per heavy atom. The molecule has 0 radical (unpaired) electrons. The summed E-state index contributed by atoms with van der Waals surface area (Å²) in [5.41, 5.74) is 0. The Hall–Kier alpha value is -1.36. The predicted octanol–water partition coefficient (Wildman–Crippen LogP) is 2.53. The van der Waals surface area contributed by atoms with Crippen molar-refractivity contribution >= 4 is 11.6 Å². The van der Waals surface area contributed by atoms with Gasteiger partial charge < -0.3 is 15.4 Å². The molecule has 1 aromatic heterocycles. The van der Waals surface area contributed by atoms with Gasteiger partial charge in [0, 0.05) is 32.4 Å². The Morgan fingerprint density at radius 1 is 1.21 bits per heavy atom. The Labute approximate surface area is 115 Å². The van der Waals surface area contributed by atoms with Crippen molar-refractivity contribution in [2.75, 3.05) is 36.9 Å². The van der Waals surface area contributed by atoms with Crippen molar-refractivity contribution in [3.05, 3.63) is 12.4 Å². The highest BCUT2D eigenvalue weighted by Crippen LogP contribution is 2.28. The fraction of sp³-hybridized carbons (Fsp3) is 0.714. The molecule has 2 rings (SSSR count). The maximum atomic E-state index is 5.59. The maximum Gasteiger partial charge on any atom is 0.131 e. The molecule has 1 heterocycles. The first-order valence-electron chi connectivity index (χ1n) is 7.26. The van der Waals surface area contributed by atoms with Crippen LogP contribution >= 0.6 is 0 Å². The van der Waals surface area contributed by atoms with E-state index < -0.39 is 0 Å². The van der Waals surface area contributed by atoms with E-state index in [1.54, 1.807) is 6.33 Å². The number of aromatic nitrogens is 2. The van der Waals surface area contributed by atoms with Crippen molar-refractivity contribution in [2.24, 2.45) is 5.92 Å². The second-order valence-electron chi connectivity index (χ2n) is 5.01. The van der Waals surface area contributed by atoms with Gasteiger partial charge in [0.15, 0.2) is 0 Å². The van der Waals surface area contributed by atoms with Gasteiger partial charge in [-0.05, 0) is 31.6 Å². The molecular weight excluding hydrogens is 240 g/mol. The van der Waals surface area contributed by atoms with Crippen LogP contribution in [-0.2, 0) is 4.74 Å². The third-order valence-corrected chi connectivity index (χ3v) is 3.05. The molecule has 0 amide bonds. The van der Waals surface area contributed by atoms with Crippen LogP contribution in [0.25, 0.3) is 0 Å². The summed E-state index contributed by atoms with van der Waals surface area (Å²) in [5, 5.41) is 6.54. The first-order chi connectivity index (χ1) is 9.38. The highest BCUT2D eigenvalue weighted by Gasteiger charge is 2.20. The number of hydrogen-bond donors (Lipinski definition) is 2. The summed E-state index contributed by atoms with van der Waals surface area (Å²) in [4.78, 5) is 8.37. The number of ether oxygens (including phenoxy) is 1. The van der Waals surface area contributed by atoms with E-state index in [1.165, 1.54) is 12.8 Å². The number of nitrogens with one attached hydrogen (secondary N) is 2. The largest absolute Gasteiger partial charge is 0.381 e. The molecule has 1 aliphatic carbocycles. The minimum Gasteiger partial charge on any atom is -0.381 e. The van der Waals surface area contributed by atoms with Gasteiger partial charge in [0.05, 0.1) is 0 Å². The zero-order valence-corrected chi connectivity index (χ0v) is 11.7. The lowest BCUT2D eigenvalue weighted by atomic mass is 10.4. The maximum absolute atomic E-state index is 5.59. The molecule has 0 unspecified atom stereocenters. The first-order valence-corrected chi connectivity index (χ1v) is 7.26. The van der Waals surface area contributed by atoms with Crippen molar-refractivity contribution in [3.8, 4) is 0 Å². The predicted molar refractivity (Wildman–Crippen MR) is 77.5 cm³/mol. The van der Waals surface area contributed by atoms with E-state index >= 15 is 0 Å². The molecule has 5 nitrogen and oxygen atoms in total. The lowest BCUT2D eigenvalue weighted by Crippen LogP contribution is -2.09. The number of nitrogens with zero attached hydrogens (tertiary/aromatic N) is 2. The minimum absolute atomic E-state index is 0.829. The highest BCUT2D eigenvalue weighted by atomic mass is 16.5. The Morgan fingerprint density at radius 2 is 1.95 bits per heavy atom. The zero-order valence-electron chi connectivity index (χ0n) is 11.7. The van der Waals surface area contributed by atoms with Crippen LogP contribution in [0.2, 0.25) is 0 Å². The van der Waals surface area contributed by atoms with Crippen LogP contribution in [0.4, 0.5) is 11.6 Å². The second kappa shape index (κ2) is 7.94. The monoisotopic (exact) mass is 264 g/mol. The molecular formula is C14H24N4O. The first kappa shape index (κ1) is 14.1. The Bertz CT molecular complexity index is 368. The van der Waals surface area contributed by atoms with Crippen LogP contribution in [-0.4, -0.2) is 36.3 Å². The second-order valence-corrected chi connectivity index (χ2v) is 5.01. The normalized spacial score (nSPS) is 14.4. The Balaban J connectivity index is 1.58. The molecule has 1 fully saturated rings. The van der Waals surface area contributed by atoms with E-state index in [0.717, 1.165) is 56.7 Å². The van der Waals surface area contributed by atoms with E-state index in [0.29, 0.717) is 0 Å². The van der Waals surface area contributed by atoms with Crippen LogP contribution < -0.4 is 10.6 Å². The molecule has 0 aromatic carbocycles. The molecule has 2 N–H and O–H groups in total. The van der Waals surface area contributed by atoms with Crippen molar-refractivity contribution in [2.45, 2.75) is 32.6 Å². The quantitative estimate of drug-likeness (QED) is 0.636. The van der Waals surface area contributed by atoms with Gasteiger partial charge in [-0.3, -0.25) is 0 Å². The van der Waals surface area contributed by atoms with E-state index in [4.69, 9.17) is 4.74 Å². The molecule has 0 atom stereocenters. The smallest absolute Gasteiger partial charge is 0.131 e. The lowest BCUT2D eigenvalue weighted by Gasteiger charge is -2.08. The van der Waals surface area contributed by atoms with Gasteiger partial charge in [0.1, 0.15) is 18.0 Å². The van der Waals surface area contributed by atoms with Gasteiger partial charge in [-0.15, -0.1) is 0 Å². The fourth-order valence-corrected chi connectivity index (χ4v) is 1.73. The summed E-state index contributed by atoms with van der Waals surface area (Å²) in [6.45, 7) is 5.73. The van der Waals surface area contributed by atoms with E-state index in [9.17, 15) is 0 Å². The molecule has 1 aliphatic rings. The average molecular weight is 264 g/mol. The van der Waals surface area contributed by atoms with E-state index in [-0.39, 0.29) is 0 Å². The molecule has 0 spiro atoms. The molecule has 19 heavy (non-hydrogen) atoms. The lowest BCUT2D eigenvalue weighted by molar-refractivity contribution is 0.124. The van der Waals surface area contributed by atoms with Crippen molar-refractivity contribution in [1.82, 2.24) is 9.97 Å². The van der Waals surface area contributed by atoms with Crippen LogP contribution in [0.3, 0.4) is 0 Å². The molecule has 106 valence electrons. The highest BCUT2D eigenvalue weighted by molar-refractivity contribution is 5.46. The van der Waals surface area contributed by atoms with E-state index in [2.05, 4.69) is 27.5 Å². The third kappa shape index (κ3) is 5.87. The molecule has 0 saturated heterocycles. The summed E-state index contributed by atoms with van der Waals surface area (Å²) >= 11 is 0. The standard InChI is InChI=1S/C14H24N4O/c1-2-6-15-13-9-14(18-11-17-13)16-7-3-8-19-10-12-4-5-12/h9,11-12H,2-8,10H2,1H3,(H2,15,16,17,18). The van der Waals surface area contributed by atoms with Gasteiger partial charge in [0.2, 0.25) is 0 Å². The molecule has 1 aromatic rings. The molecule has 1 saturated carbocycles. The zero-order chi connectivity index (χ0) is 13.3. The summed E-state index contributed by atoms with van der Waals surface area (Å²) < 4.78 is 5.59. The van der Waals surface area contributed by atoms with Gasteiger partial charge in [0.25, 0.3) is 0 Å². The SMILES string of the molecule is CCCNc1cc(NCCCOCC2CC2)ncn1. The van der Waals surface area contributed by atoms with Gasteiger partial charge in [-0.1, -0.05) is 6.92 Å². The molecule has 0 bridgehead atoms. The molecule has 0 aliphatic heterocycles. The summed E-state index contributed by atoms with van der Waals surface area (Å²) in [5.74, 6) is 2.60. The van der Waals surface area contributed by atoms with Crippen LogP contribution in [0.15, 0.2) is 12.4 Å². The fourth-order valence-electron chi connectivity index (χ4n) is 1.73. The minimum atomic E-state index is 0.829. The van der Waals surface area contributed by atoms with Crippen LogP contribution in [0.5, 0.6) is 0 Å². The van der Waals surface area contributed by atoms with Crippen molar-refractivity contribution in [3.63, 3.8) is 0 Å². The van der Waals surface area contributed by atoms with Gasteiger partial charge in [-0.2, -0.15) is 0 Å². The van der Waals surface area contributed by atoms with Crippen molar-refractivity contribution < 1.29 is 4.74 Å². The number of hydrogen-bond acceptors (Lipinski definition) is 5. The van der Waals surface area contributed by atoms with Crippen molar-refractivity contribution in [1.29, 1.82) is 0 Å². The average Bonchev–Trinajstić information content (AvgIpc) is 3.25. The molecule has 5 heteroatoms.